The fourth-order valence-electron chi connectivity index (χ4n) is 3.90. The number of carbonyl (C=O) groups is 2. The molecule has 1 saturated heterocycles. The summed E-state index contributed by atoms with van der Waals surface area (Å²) < 4.78 is 13.8. The number of hydrogen-bond acceptors (Lipinski definition) is 3. The summed E-state index contributed by atoms with van der Waals surface area (Å²) in [5.41, 5.74) is 3.87. The summed E-state index contributed by atoms with van der Waals surface area (Å²) in [5, 5.41) is 2.73. The highest BCUT2D eigenvalue weighted by atomic mass is 19.1. The third kappa shape index (κ3) is 4.97. The first-order valence-corrected chi connectivity index (χ1v) is 10.7. The highest BCUT2D eigenvalue weighted by Gasteiger charge is 2.22. The Morgan fingerprint density at radius 2 is 1.53 bits per heavy atom. The molecule has 0 aromatic heterocycles. The smallest absolute Gasteiger partial charge is 0.258 e. The van der Waals surface area contributed by atoms with Gasteiger partial charge in [0.25, 0.3) is 5.91 Å². The minimum absolute atomic E-state index is 0.0167. The molecular weight excluding hydrogens is 405 g/mol. The second-order valence-electron chi connectivity index (χ2n) is 7.95. The maximum absolute atomic E-state index is 13.8. The lowest BCUT2D eigenvalue weighted by atomic mass is 10.1. The molecule has 0 unspecified atom stereocenters. The highest BCUT2D eigenvalue weighted by molar-refractivity contribution is 6.04. The van der Waals surface area contributed by atoms with Gasteiger partial charge in [0.2, 0.25) is 5.91 Å². The number of hydrogen-bond donors (Lipinski definition) is 1. The molecule has 32 heavy (non-hydrogen) atoms. The first-order chi connectivity index (χ1) is 15.5. The first-order valence-electron chi connectivity index (χ1n) is 10.7. The van der Waals surface area contributed by atoms with E-state index in [0.29, 0.717) is 25.2 Å². The van der Waals surface area contributed by atoms with Gasteiger partial charge in [-0.25, -0.2) is 4.39 Å². The van der Waals surface area contributed by atoms with E-state index < -0.39 is 11.7 Å². The Morgan fingerprint density at radius 3 is 2.22 bits per heavy atom. The molecule has 1 heterocycles. The monoisotopic (exact) mass is 431 g/mol. The summed E-state index contributed by atoms with van der Waals surface area (Å²) in [6, 6.07) is 21.4. The summed E-state index contributed by atoms with van der Waals surface area (Å²) in [6.45, 7) is 4.89. The van der Waals surface area contributed by atoms with Crippen LogP contribution < -0.4 is 10.2 Å². The van der Waals surface area contributed by atoms with Gasteiger partial charge in [-0.1, -0.05) is 36.4 Å². The zero-order chi connectivity index (χ0) is 22.5. The van der Waals surface area contributed by atoms with Crippen LogP contribution in [0.5, 0.6) is 0 Å². The molecule has 1 aliphatic rings. The zero-order valence-corrected chi connectivity index (χ0v) is 18.1. The molecule has 3 aromatic rings. The molecule has 0 aliphatic carbocycles. The van der Waals surface area contributed by atoms with Crippen LogP contribution in [0.15, 0.2) is 72.8 Å². The van der Waals surface area contributed by atoms with Crippen molar-refractivity contribution >= 4 is 23.2 Å². The number of halogens is 1. The van der Waals surface area contributed by atoms with Crippen molar-refractivity contribution < 1.29 is 14.0 Å². The molecule has 164 valence electrons. The van der Waals surface area contributed by atoms with E-state index in [2.05, 4.69) is 10.2 Å². The maximum atomic E-state index is 13.8. The van der Waals surface area contributed by atoms with Crippen molar-refractivity contribution in [2.45, 2.75) is 13.3 Å². The van der Waals surface area contributed by atoms with E-state index in [-0.39, 0.29) is 11.5 Å². The van der Waals surface area contributed by atoms with Gasteiger partial charge in [-0.15, -0.1) is 0 Å². The number of amides is 2. The van der Waals surface area contributed by atoms with E-state index in [1.54, 1.807) is 12.1 Å². The molecule has 1 fully saturated rings. The first kappa shape index (κ1) is 21.6. The van der Waals surface area contributed by atoms with Crippen molar-refractivity contribution in [1.82, 2.24) is 4.90 Å². The highest BCUT2D eigenvalue weighted by Crippen LogP contribution is 2.21. The summed E-state index contributed by atoms with van der Waals surface area (Å²) in [6.07, 6.45) is 0.434. The number of rotatable bonds is 5. The zero-order valence-electron chi connectivity index (χ0n) is 18.1. The minimum atomic E-state index is -0.545. The van der Waals surface area contributed by atoms with E-state index in [1.165, 1.54) is 12.1 Å². The predicted molar refractivity (Wildman–Crippen MR) is 124 cm³/mol. The fourth-order valence-corrected chi connectivity index (χ4v) is 3.90. The molecule has 4 rings (SSSR count). The molecule has 0 bridgehead atoms. The Labute approximate surface area is 187 Å². The number of nitrogens with one attached hydrogen (secondary N) is 1. The lowest BCUT2D eigenvalue weighted by Crippen LogP contribution is -2.49. The Balaban J connectivity index is 1.31. The lowest BCUT2D eigenvalue weighted by Gasteiger charge is -2.36. The van der Waals surface area contributed by atoms with Crippen LogP contribution in [-0.2, 0) is 11.2 Å². The van der Waals surface area contributed by atoms with Gasteiger partial charge in [-0.2, -0.15) is 0 Å². The Kier molecular flexibility index (Phi) is 6.50. The average molecular weight is 432 g/mol. The quantitative estimate of drug-likeness (QED) is 0.656. The van der Waals surface area contributed by atoms with Crippen molar-refractivity contribution in [3.63, 3.8) is 0 Å². The Hall–Kier alpha value is -3.67. The average Bonchev–Trinajstić information content (AvgIpc) is 2.81. The van der Waals surface area contributed by atoms with Crippen molar-refractivity contribution in [2.75, 3.05) is 36.4 Å². The van der Waals surface area contributed by atoms with Crippen LogP contribution in [0.2, 0.25) is 0 Å². The minimum Gasteiger partial charge on any atom is -0.368 e. The molecule has 3 aromatic carbocycles. The summed E-state index contributed by atoms with van der Waals surface area (Å²) >= 11 is 0. The normalized spacial score (nSPS) is 13.7. The predicted octanol–water partition coefficient (Wildman–Crippen LogP) is 4.28. The summed E-state index contributed by atoms with van der Waals surface area (Å²) in [5.74, 6) is -0.863. The number of anilines is 2. The van der Waals surface area contributed by atoms with Gasteiger partial charge in [0, 0.05) is 37.6 Å². The van der Waals surface area contributed by atoms with Gasteiger partial charge >= 0.3 is 0 Å². The van der Waals surface area contributed by atoms with Gasteiger partial charge in [0.1, 0.15) is 5.82 Å². The van der Waals surface area contributed by atoms with E-state index in [0.717, 1.165) is 29.9 Å². The van der Waals surface area contributed by atoms with Crippen LogP contribution in [0.3, 0.4) is 0 Å². The molecule has 2 amide bonds. The number of benzene rings is 3. The SMILES string of the molecule is Cc1ccccc1CC(=O)N1CCN(c2ccc(NC(=O)c3ccccc3F)cc2)CC1. The molecule has 6 heteroatoms. The third-order valence-corrected chi connectivity index (χ3v) is 5.84. The van der Waals surface area contributed by atoms with Crippen LogP contribution in [0, 0.1) is 12.7 Å². The van der Waals surface area contributed by atoms with E-state index in [1.807, 2.05) is 60.4 Å². The molecule has 1 aliphatic heterocycles. The molecule has 5 nitrogen and oxygen atoms in total. The van der Waals surface area contributed by atoms with Gasteiger partial charge in [0.15, 0.2) is 0 Å². The van der Waals surface area contributed by atoms with Crippen LogP contribution in [0.4, 0.5) is 15.8 Å². The van der Waals surface area contributed by atoms with Crippen LogP contribution in [0.1, 0.15) is 21.5 Å². The van der Waals surface area contributed by atoms with Crippen molar-refractivity contribution in [3.8, 4) is 0 Å². The van der Waals surface area contributed by atoms with E-state index in [9.17, 15) is 14.0 Å². The number of nitrogens with zero attached hydrogens (tertiary/aromatic N) is 2. The second-order valence-corrected chi connectivity index (χ2v) is 7.95. The van der Waals surface area contributed by atoms with Crippen molar-refractivity contribution in [2.24, 2.45) is 0 Å². The Morgan fingerprint density at radius 1 is 0.875 bits per heavy atom. The van der Waals surface area contributed by atoms with Crippen molar-refractivity contribution in [1.29, 1.82) is 0 Å². The summed E-state index contributed by atoms with van der Waals surface area (Å²) in [4.78, 5) is 29.1. The number of aryl methyl sites for hydroxylation is 1. The van der Waals surface area contributed by atoms with Gasteiger partial charge in [0.05, 0.1) is 12.0 Å². The standard InChI is InChI=1S/C26H26FN3O2/c1-19-6-2-3-7-20(19)18-25(31)30-16-14-29(15-17-30)22-12-10-21(11-13-22)28-26(32)23-8-4-5-9-24(23)27/h2-13H,14-18H2,1H3,(H,28,32). The van der Waals surface area contributed by atoms with Crippen LogP contribution in [0.25, 0.3) is 0 Å². The van der Waals surface area contributed by atoms with Gasteiger partial charge < -0.3 is 15.1 Å². The molecule has 0 radical (unpaired) electrons. The van der Waals surface area contributed by atoms with Gasteiger partial charge in [-0.05, 0) is 54.4 Å². The second kappa shape index (κ2) is 9.64. The maximum Gasteiger partial charge on any atom is 0.258 e. The molecule has 0 atom stereocenters. The van der Waals surface area contributed by atoms with E-state index in [4.69, 9.17) is 0 Å². The largest absolute Gasteiger partial charge is 0.368 e. The Bertz CT molecular complexity index is 1110. The van der Waals surface area contributed by atoms with Crippen LogP contribution in [-0.4, -0.2) is 42.9 Å². The van der Waals surface area contributed by atoms with Crippen LogP contribution >= 0.6 is 0 Å². The third-order valence-electron chi connectivity index (χ3n) is 5.84. The molecule has 0 saturated carbocycles. The molecular formula is C26H26FN3O2. The molecule has 0 spiro atoms. The van der Waals surface area contributed by atoms with E-state index >= 15 is 0 Å². The fraction of sp³-hybridized carbons (Fsp3) is 0.231. The number of carbonyl (C=O) groups excluding carboxylic acids is 2. The molecule has 1 N–H and O–H groups in total. The lowest BCUT2D eigenvalue weighted by molar-refractivity contribution is -0.130. The summed E-state index contributed by atoms with van der Waals surface area (Å²) in [7, 11) is 0. The topological polar surface area (TPSA) is 52.7 Å². The van der Waals surface area contributed by atoms with Gasteiger partial charge in [-0.3, -0.25) is 9.59 Å². The number of piperazine rings is 1. The van der Waals surface area contributed by atoms with Crippen molar-refractivity contribution in [3.05, 3.63) is 95.3 Å².